The summed E-state index contributed by atoms with van der Waals surface area (Å²) in [4.78, 5) is 0. The van der Waals surface area contributed by atoms with E-state index in [2.05, 4.69) is 6.58 Å². The van der Waals surface area contributed by atoms with Gasteiger partial charge in [0.05, 0.1) is 13.2 Å². The Balaban J connectivity index is 2.79. The molecular weight excluding hydrogens is 263 g/mol. The Morgan fingerprint density at radius 1 is 1.53 bits per heavy atom. The van der Waals surface area contributed by atoms with Crippen LogP contribution in [0.4, 0.5) is 0 Å². The summed E-state index contributed by atoms with van der Waals surface area (Å²) in [6.07, 6.45) is 4.43. The van der Waals surface area contributed by atoms with Crippen LogP contribution in [0.15, 0.2) is 23.8 Å². The molecule has 1 aliphatic rings. The topological polar surface area (TPSA) is 55.8 Å². The number of hydrogen-bond acceptors (Lipinski definition) is 4. The summed E-state index contributed by atoms with van der Waals surface area (Å²) in [6, 6.07) is 0. The Hall–Kier alpha value is -0.410. The zero-order chi connectivity index (χ0) is 14.5. The lowest BCUT2D eigenvalue weighted by Gasteiger charge is -2.28. The molecule has 0 saturated heterocycles. The first-order valence-corrected chi connectivity index (χ1v) is 8.47. The van der Waals surface area contributed by atoms with Gasteiger partial charge in [0, 0.05) is 0 Å². The van der Waals surface area contributed by atoms with E-state index in [9.17, 15) is 9.67 Å². The van der Waals surface area contributed by atoms with Gasteiger partial charge in [-0.2, -0.15) is 0 Å². The number of allylic oxidation sites excluding steroid dienone is 2. The molecule has 1 N–H and O–H groups in total. The first-order chi connectivity index (χ1) is 8.94. The molecule has 0 saturated carbocycles. The van der Waals surface area contributed by atoms with E-state index >= 15 is 0 Å². The molecule has 0 amide bonds. The highest BCUT2D eigenvalue weighted by molar-refractivity contribution is 7.54. The second kappa shape index (κ2) is 7.39. The van der Waals surface area contributed by atoms with Gasteiger partial charge in [-0.3, -0.25) is 4.57 Å². The molecular formula is C14H25O4P. The van der Waals surface area contributed by atoms with Crippen molar-refractivity contribution in [3.05, 3.63) is 23.8 Å². The van der Waals surface area contributed by atoms with Gasteiger partial charge in [0.2, 0.25) is 0 Å². The quantitative estimate of drug-likeness (QED) is 0.570. The van der Waals surface area contributed by atoms with Crippen LogP contribution < -0.4 is 0 Å². The Bertz CT molecular complexity index is 379. The maximum absolute atomic E-state index is 12.5. The summed E-state index contributed by atoms with van der Waals surface area (Å²) < 4.78 is 22.8. The van der Waals surface area contributed by atoms with Gasteiger partial charge in [0.1, 0.15) is 0 Å². The molecule has 1 aliphatic carbocycles. The maximum atomic E-state index is 12.5. The summed E-state index contributed by atoms with van der Waals surface area (Å²) in [5, 5.41) is 10.3. The Morgan fingerprint density at radius 2 is 2.11 bits per heavy atom. The second-order valence-electron chi connectivity index (χ2n) is 4.85. The van der Waals surface area contributed by atoms with Crippen LogP contribution in [-0.2, 0) is 13.6 Å². The second-order valence-corrected chi connectivity index (χ2v) is 6.93. The molecule has 0 radical (unpaired) electrons. The SMILES string of the molecule is C=C(C)[C@@H]1CC=C(C(O)P(=O)(OCC)OCC)CC1. The molecule has 0 aromatic carbocycles. The third-order valence-electron chi connectivity index (χ3n) is 3.39. The Morgan fingerprint density at radius 3 is 2.47 bits per heavy atom. The fraction of sp³-hybridized carbons (Fsp3) is 0.714. The van der Waals surface area contributed by atoms with Gasteiger partial charge < -0.3 is 14.2 Å². The van der Waals surface area contributed by atoms with Gasteiger partial charge >= 0.3 is 7.60 Å². The van der Waals surface area contributed by atoms with Crippen molar-refractivity contribution in [3.63, 3.8) is 0 Å². The summed E-state index contributed by atoms with van der Waals surface area (Å²) >= 11 is 0. The van der Waals surface area contributed by atoms with Crippen molar-refractivity contribution < 1.29 is 18.7 Å². The van der Waals surface area contributed by atoms with Gasteiger partial charge in [-0.25, -0.2) is 0 Å². The molecule has 5 heteroatoms. The van der Waals surface area contributed by atoms with Gasteiger partial charge in [-0.05, 0) is 51.5 Å². The number of aliphatic hydroxyl groups excluding tert-OH is 1. The van der Waals surface area contributed by atoms with Crippen molar-refractivity contribution in [2.45, 2.75) is 45.9 Å². The summed E-state index contributed by atoms with van der Waals surface area (Å²) in [6.45, 7) is 9.98. The molecule has 1 unspecified atom stereocenters. The van der Waals surface area contributed by atoms with Gasteiger partial charge in [-0.1, -0.05) is 18.2 Å². The molecule has 2 atom stereocenters. The van der Waals surface area contributed by atoms with E-state index < -0.39 is 13.4 Å². The lowest BCUT2D eigenvalue weighted by molar-refractivity contribution is 0.161. The third kappa shape index (κ3) is 4.28. The fourth-order valence-electron chi connectivity index (χ4n) is 2.28. The van der Waals surface area contributed by atoms with Crippen LogP contribution in [-0.4, -0.2) is 24.2 Å². The fourth-order valence-corrected chi connectivity index (χ4v) is 4.00. The van der Waals surface area contributed by atoms with E-state index in [4.69, 9.17) is 9.05 Å². The van der Waals surface area contributed by atoms with Crippen LogP contribution in [0.25, 0.3) is 0 Å². The van der Waals surface area contributed by atoms with Crippen LogP contribution in [0.5, 0.6) is 0 Å². The zero-order valence-electron chi connectivity index (χ0n) is 12.1. The van der Waals surface area contributed by atoms with Crippen molar-refractivity contribution in [1.82, 2.24) is 0 Å². The molecule has 0 aromatic heterocycles. The van der Waals surface area contributed by atoms with Crippen molar-refractivity contribution >= 4 is 7.60 Å². The van der Waals surface area contributed by atoms with E-state index in [1.807, 2.05) is 13.0 Å². The molecule has 0 aromatic rings. The monoisotopic (exact) mass is 288 g/mol. The molecule has 1 rings (SSSR count). The van der Waals surface area contributed by atoms with Crippen LogP contribution >= 0.6 is 7.60 Å². The number of rotatable bonds is 7. The molecule has 0 heterocycles. The number of hydrogen-bond donors (Lipinski definition) is 1. The lowest BCUT2D eigenvalue weighted by Crippen LogP contribution is -2.19. The minimum Gasteiger partial charge on any atom is -0.376 e. The summed E-state index contributed by atoms with van der Waals surface area (Å²) in [5.41, 5.74) is 1.92. The van der Waals surface area contributed by atoms with Crippen LogP contribution in [0.1, 0.15) is 40.0 Å². The predicted molar refractivity (Wildman–Crippen MR) is 77.1 cm³/mol. The predicted octanol–water partition coefficient (Wildman–Crippen LogP) is 3.87. The smallest absolute Gasteiger partial charge is 0.363 e. The standard InChI is InChI=1S/C14H25O4P/c1-5-17-19(16,18-6-2)14(15)13-9-7-12(8-10-13)11(3)4/h9,12,14-15H,3,5-8,10H2,1-2,4H3/t12-,14?/m1/s1. The minimum absolute atomic E-state index is 0.260. The minimum atomic E-state index is -3.46. The van der Waals surface area contributed by atoms with E-state index in [0.717, 1.165) is 24.0 Å². The molecule has 110 valence electrons. The van der Waals surface area contributed by atoms with Gasteiger partial charge in [0.25, 0.3) is 0 Å². The highest BCUT2D eigenvalue weighted by Gasteiger charge is 2.37. The van der Waals surface area contributed by atoms with E-state index in [1.54, 1.807) is 13.8 Å². The summed E-state index contributed by atoms with van der Waals surface area (Å²) in [7, 11) is -3.46. The molecule has 0 bridgehead atoms. The largest absolute Gasteiger partial charge is 0.376 e. The van der Waals surface area contributed by atoms with Crippen LogP contribution in [0.2, 0.25) is 0 Å². The summed E-state index contributed by atoms with van der Waals surface area (Å²) in [5.74, 6) is -0.687. The van der Waals surface area contributed by atoms with Crippen molar-refractivity contribution in [2.75, 3.05) is 13.2 Å². The van der Waals surface area contributed by atoms with Crippen molar-refractivity contribution in [3.8, 4) is 0 Å². The number of aliphatic hydroxyl groups is 1. The van der Waals surface area contributed by atoms with E-state index in [-0.39, 0.29) is 13.2 Å². The highest BCUT2D eigenvalue weighted by Crippen LogP contribution is 2.55. The molecule has 0 aliphatic heterocycles. The first kappa shape index (κ1) is 16.6. The van der Waals surface area contributed by atoms with E-state index in [1.165, 1.54) is 0 Å². The molecule has 19 heavy (non-hydrogen) atoms. The third-order valence-corrected chi connectivity index (χ3v) is 5.56. The van der Waals surface area contributed by atoms with Gasteiger partial charge in [-0.15, -0.1) is 0 Å². The van der Waals surface area contributed by atoms with Crippen LogP contribution in [0, 0.1) is 5.92 Å². The maximum Gasteiger partial charge on any atom is 0.363 e. The van der Waals surface area contributed by atoms with Crippen molar-refractivity contribution in [2.24, 2.45) is 5.92 Å². The Labute approximate surface area is 116 Å². The van der Waals surface area contributed by atoms with E-state index in [0.29, 0.717) is 12.3 Å². The molecule has 0 fully saturated rings. The van der Waals surface area contributed by atoms with Gasteiger partial charge in [0.15, 0.2) is 5.85 Å². The average Bonchev–Trinajstić information content (AvgIpc) is 2.38. The normalized spacial score (nSPS) is 21.9. The average molecular weight is 288 g/mol. The molecule has 0 spiro atoms. The van der Waals surface area contributed by atoms with Crippen molar-refractivity contribution in [1.29, 1.82) is 0 Å². The zero-order valence-corrected chi connectivity index (χ0v) is 13.0. The first-order valence-electron chi connectivity index (χ1n) is 6.85. The highest BCUT2D eigenvalue weighted by atomic mass is 31.2. The Kier molecular flexibility index (Phi) is 6.48. The van der Waals surface area contributed by atoms with Crippen LogP contribution in [0.3, 0.4) is 0 Å². The lowest BCUT2D eigenvalue weighted by atomic mass is 9.86. The molecule has 4 nitrogen and oxygen atoms in total.